The second-order valence-electron chi connectivity index (χ2n) is 5.80. The molecule has 24 heavy (non-hydrogen) atoms. The number of rotatable bonds is 6. The Morgan fingerprint density at radius 3 is 2.83 bits per heavy atom. The molecule has 1 atom stereocenters. The molecule has 0 spiro atoms. The number of anilines is 3. The van der Waals surface area contributed by atoms with Gasteiger partial charge in [-0.3, -0.25) is 4.98 Å². The number of aliphatic hydroxyl groups is 1. The third kappa shape index (κ3) is 3.49. The first-order chi connectivity index (χ1) is 11.6. The van der Waals surface area contributed by atoms with Crippen LogP contribution in [0.3, 0.4) is 0 Å². The zero-order valence-electron chi connectivity index (χ0n) is 13.4. The number of nitrogens with one attached hydrogen (secondary N) is 2. The number of aromatic nitrogens is 4. The van der Waals surface area contributed by atoms with Gasteiger partial charge in [-0.15, -0.1) is 0 Å². The van der Waals surface area contributed by atoms with Gasteiger partial charge >= 0.3 is 0 Å². The summed E-state index contributed by atoms with van der Waals surface area (Å²) in [6, 6.07) is 5.58. The molecule has 0 aliphatic rings. The summed E-state index contributed by atoms with van der Waals surface area (Å²) in [5, 5.41) is 20.5. The average Bonchev–Trinajstić information content (AvgIpc) is 2.95. The van der Waals surface area contributed by atoms with Crippen LogP contribution in [0.15, 0.2) is 41.3 Å². The lowest BCUT2D eigenvalue weighted by molar-refractivity contribution is 0.249. The van der Waals surface area contributed by atoms with E-state index in [9.17, 15) is 5.11 Å². The van der Waals surface area contributed by atoms with E-state index >= 15 is 0 Å². The molecular formula is C16H19BrN6O. The highest BCUT2D eigenvalue weighted by Gasteiger charge is 2.15. The number of fused-ring (bicyclic) bond motifs is 1. The van der Waals surface area contributed by atoms with Crippen LogP contribution in [0.25, 0.3) is 5.65 Å². The Morgan fingerprint density at radius 1 is 1.33 bits per heavy atom. The molecule has 0 unspecified atom stereocenters. The highest BCUT2D eigenvalue weighted by atomic mass is 79.9. The Bertz CT molecular complexity index is 820. The van der Waals surface area contributed by atoms with Gasteiger partial charge in [-0.1, -0.05) is 13.8 Å². The van der Waals surface area contributed by atoms with Crippen molar-refractivity contribution in [3.63, 3.8) is 0 Å². The molecule has 8 heteroatoms. The topological polar surface area (TPSA) is 87.4 Å². The molecule has 0 aliphatic heterocycles. The van der Waals surface area contributed by atoms with Crippen LogP contribution in [-0.2, 0) is 0 Å². The van der Waals surface area contributed by atoms with Gasteiger partial charge in [0.15, 0.2) is 5.65 Å². The Kier molecular flexibility index (Phi) is 4.96. The highest BCUT2D eigenvalue weighted by Crippen LogP contribution is 2.25. The summed E-state index contributed by atoms with van der Waals surface area (Å²) in [5.41, 5.74) is 1.54. The zero-order chi connectivity index (χ0) is 17.1. The first-order valence-electron chi connectivity index (χ1n) is 7.67. The predicted molar refractivity (Wildman–Crippen MR) is 97.5 cm³/mol. The number of pyridine rings is 1. The minimum atomic E-state index is -0.0760. The van der Waals surface area contributed by atoms with Gasteiger partial charge in [-0.05, 0) is 34.0 Å². The molecule has 0 aliphatic carbocycles. The number of hydrogen-bond donors (Lipinski definition) is 3. The molecular weight excluding hydrogens is 372 g/mol. The molecule has 7 nitrogen and oxygen atoms in total. The molecule has 0 radical (unpaired) electrons. The van der Waals surface area contributed by atoms with Crippen molar-refractivity contribution < 1.29 is 5.11 Å². The average molecular weight is 391 g/mol. The van der Waals surface area contributed by atoms with Crippen LogP contribution < -0.4 is 10.6 Å². The molecule has 0 saturated heterocycles. The maximum Gasteiger partial charge on any atom is 0.173 e. The summed E-state index contributed by atoms with van der Waals surface area (Å²) in [6.45, 7) is 4.14. The van der Waals surface area contributed by atoms with Crippen LogP contribution in [0.2, 0.25) is 0 Å². The Hall–Kier alpha value is -2.19. The maximum absolute atomic E-state index is 9.55. The van der Waals surface area contributed by atoms with E-state index < -0.39 is 0 Å². The first-order valence-corrected chi connectivity index (χ1v) is 8.46. The zero-order valence-corrected chi connectivity index (χ0v) is 15.0. The molecule has 0 saturated carbocycles. The van der Waals surface area contributed by atoms with E-state index in [1.165, 1.54) is 0 Å². The lowest BCUT2D eigenvalue weighted by Gasteiger charge is -2.21. The fraction of sp³-hybridized carbons (Fsp3) is 0.312. The molecule has 3 N–H and O–H groups in total. The molecule has 3 rings (SSSR count). The van der Waals surface area contributed by atoms with Crippen molar-refractivity contribution in [1.82, 2.24) is 19.6 Å². The number of halogens is 1. The van der Waals surface area contributed by atoms with Crippen LogP contribution >= 0.6 is 15.9 Å². The smallest absolute Gasteiger partial charge is 0.173 e. The monoisotopic (exact) mass is 390 g/mol. The van der Waals surface area contributed by atoms with Crippen molar-refractivity contribution >= 4 is 38.9 Å². The molecule has 0 amide bonds. The minimum Gasteiger partial charge on any atom is -0.394 e. The van der Waals surface area contributed by atoms with Gasteiger partial charge in [-0.2, -0.15) is 9.61 Å². The van der Waals surface area contributed by atoms with Gasteiger partial charge in [0.25, 0.3) is 0 Å². The summed E-state index contributed by atoms with van der Waals surface area (Å²) in [5.74, 6) is 1.69. The van der Waals surface area contributed by atoms with Gasteiger partial charge < -0.3 is 15.7 Å². The second-order valence-corrected chi connectivity index (χ2v) is 6.65. The number of nitrogens with zero attached hydrogens (tertiary/aromatic N) is 4. The minimum absolute atomic E-state index is 0.0380. The van der Waals surface area contributed by atoms with E-state index in [-0.39, 0.29) is 18.6 Å². The third-order valence-corrected chi connectivity index (χ3v) is 4.26. The molecule has 126 valence electrons. The molecule has 3 heterocycles. The Labute approximate surface area is 148 Å². The third-order valence-electron chi connectivity index (χ3n) is 3.70. The summed E-state index contributed by atoms with van der Waals surface area (Å²) >= 11 is 3.47. The Balaban J connectivity index is 2.00. The molecule has 0 aromatic carbocycles. The molecule has 3 aromatic rings. The van der Waals surface area contributed by atoms with Crippen LogP contribution in [0.1, 0.15) is 13.8 Å². The fourth-order valence-electron chi connectivity index (χ4n) is 2.30. The molecule has 0 fully saturated rings. The molecule has 0 bridgehead atoms. The van der Waals surface area contributed by atoms with Crippen LogP contribution in [-0.4, -0.2) is 37.3 Å². The van der Waals surface area contributed by atoms with Crippen molar-refractivity contribution in [3.8, 4) is 0 Å². The maximum atomic E-state index is 9.55. The van der Waals surface area contributed by atoms with Crippen LogP contribution in [0.4, 0.5) is 17.3 Å². The van der Waals surface area contributed by atoms with E-state index in [0.717, 1.165) is 16.0 Å². The van der Waals surface area contributed by atoms with Crippen molar-refractivity contribution in [2.45, 2.75) is 19.9 Å². The van der Waals surface area contributed by atoms with Crippen LogP contribution in [0, 0.1) is 5.92 Å². The van der Waals surface area contributed by atoms with Crippen molar-refractivity contribution in [3.05, 3.63) is 41.3 Å². The summed E-state index contributed by atoms with van der Waals surface area (Å²) in [4.78, 5) is 8.69. The largest absolute Gasteiger partial charge is 0.394 e. The number of hydrogen-bond acceptors (Lipinski definition) is 6. The van der Waals surface area contributed by atoms with E-state index in [1.807, 2.05) is 18.2 Å². The molecule has 3 aromatic heterocycles. The van der Waals surface area contributed by atoms with E-state index in [1.54, 1.807) is 23.1 Å². The van der Waals surface area contributed by atoms with Gasteiger partial charge in [0, 0.05) is 12.3 Å². The van der Waals surface area contributed by atoms with Crippen LogP contribution in [0.5, 0.6) is 0 Å². The van der Waals surface area contributed by atoms with Crippen molar-refractivity contribution in [1.29, 1.82) is 0 Å². The summed E-state index contributed by atoms with van der Waals surface area (Å²) in [6.07, 6.45) is 5.16. The number of aliphatic hydroxyl groups excluding tert-OH is 1. The summed E-state index contributed by atoms with van der Waals surface area (Å²) in [7, 11) is 0. The second kappa shape index (κ2) is 7.14. The van der Waals surface area contributed by atoms with Gasteiger partial charge in [-0.25, -0.2) is 4.98 Å². The van der Waals surface area contributed by atoms with Crippen molar-refractivity contribution in [2.24, 2.45) is 5.92 Å². The SMILES string of the molecule is CC(C)[C@@H](CO)Nc1cc(Nc2cccnc2)n2ncc(Br)c2n1. The quantitative estimate of drug-likeness (QED) is 0.599. The van der Waals surface area contributed by atoms with E-state index in [4.69, 9.17) is 0 Å². The first kappa shape index (κ1) is 16.7. The highest BCUT2D eigenvalue weighted by molar-refractivity contribution is 9.10. The van der Waals surface area contributed by atoms with Crippen molar-refractivity contribution in [2.75, 3.05) is 17.2 Å². The lowest BCUT2D eigenvalue weighted by atomic mass is 10.1. The van der Waals surface area contributed by atoms with E-state index in [2.05, 4.69) is 55.5 Å². The Morgan fingerprint density at radius 2 is 2.17 bits per heavy atom. The lowest BCUT2D eigenvalue weighted by Crippen LogP contribution is -2.30. The standard InChI is InChI=1S/C16H19BrN6O/c1-10(2)13(9-24)21-14-6-15(20-11-4-3-5-18-7-11)23-16(22-14)12(17)8-19-23/h3-8,10,13,20,24H,9H2,1-2H3,(H,21,22)/t13-/m1/s1. The summed E-state index contributed by atoms with van der Waals surface area (Å²) < 4.78 is 2.51. The predicted octanol–water partition coefficient (Wildman–Crippen LogP) is 3.06. The van der Waals surface area contributed by atoms with Gasteiger partial charge in [0.2, 0.25) is 0 Å². The van der Waals surface area contributed by atoms with Gasteiger partial charge in [0.1, 0.15) is 11.6 Å². The van der Waals surface area contributed by atoms with E-state index in [0.29, 0.717) is 11.5 Å². The fourth-order valence-corrected chi connectivity index (χ4v) is 2.64. The normalized spacial score (nSPS) is 12.5. The van der Waals surface area contributed by atoms with Gasteiger partial charge in [0.05, 0.1) is 35.2 Å².